The standard InChI is InChI=1S/C10H7ClOS/c11-8-2-1-7-5-9(3-4-12)13-10(7)6-8/h1-2,4-6H,3H2. The Morgan fingerprint density at radius 1 is 1.38 bits per heavy atom. The molecule has 0 radical (unpaired) electrons. The Labute approximate surface area is 84.9 Å². The molecular formula is C10H7ClOS. The molecule has 0 amide bonds. The van der Waals surface area contributed by atoms with E-state index in [9.17, 15) is 4.79 Å². The predicted octanol–water partition coefficient (Wildman–Crippen LogP) is 3.30. The molecule has 0 unspecified atom stereocenters. The number of carbonyl (C=O) groups excluding carboxylic acids is 1. The maximum absolute atomic E-state index is 10.3. The van der Waals surface area contributed by atoms with Crippen LogP contribution in [0.1, 0.15) is 4.88 Å². The number of hydrogen-bond donors (Lipinski definition) is 0. The van der Waals surface area contributed by atoms with Crippen molar-refractivity contribution >= 4 is 39.3 Å². The number of thiophene rings is 1. The SMILES string of the molecule is O=CCc1cc2ccc(Cl)cc2s1. The van der Waals surface area contributed by atoms with Crippen molar-refractivity contribution in [1.29, 1.82) is 0 Å². The lowest BCUT2D eigenvalue weighted by Crippen LogP contribution is -1.76. The highest BCUT2D eigenvalue weighted by Gasteiger charge is 2.01. The van der Waals surface area contributed by atoms with E-state index >= 15 is 0 Å². The molecule has 0 saturated carbocycles. The molecule has 0 saturated heterocycles. The highest BCUT2D eigenvalue weighted by Crippen LogP contribution is 2.28. The lowest BCUT2D eigenvalue weighted by atomic mass is 10.2. The Morgan fingerprint density at radius 2 is 2.23 bits per heavy atom. The molecule has 1 heterocycles. The Balaban J connectivity index is 2.55. The van der Waals surface area contributed by atoms with Crippen LogP contribution in [0.3, 0.4) is 0 Å². The second kappa shape index (κ2) is 3.48. The Morgan fingerprint density at radius 3 is 3.00 bits per heavy atom. The first-order chi connectivity index (χ1) is 6.29. The summed E-state index contributed by atoms with van der Waals surface area (Å²) < 4.78 is 1.14. The Hall–Kier alpha value is -0.860. The van der Waals surface area contributed by atoms with Crippen molar-refractivity contribution in [2.45, 2.75) is 6.42 Å². The van der Waals surface area contributed by atoms with Crippen LogP contribution in [0, 0.1) is 0 Å². The van der Waals surface area contributed by atoms with Gasteiger partial charge in [-0.3, -0.25) is 0 Å². The Bertz CT molecular complexity index is 447. The third-order valence-corrected chi connectivity index (χ3v) is 3.17. The molecule has 0 aliphatic rings. The van der Waals surface area contributed by atoms with Crippen LogP contribution >= 0.6 is 22.9 Å². The molecule has 0 bridgehead atoms. The summed E-state index contributed by atoms with van der Waals surface area (Å²) in [6.07, 6.45) is 1.42. The van der Waals surface area contributed by atoms with Gasteiger partial charge in [-0.2, -0.15) is 0 Å². The predicted molar refractivity (Wildman–Crippen MR) is 56.6 cm³/mol. The van der Waals surface area contributed by atoms with E-state index in [-0.39, 0.29) is 0 Å². The molecular weight excluding hydrogens is 204 g/mol. The lowest BCUT2D eigenvalue weighted by molar-refractivity contribution is -0.107. The normalized spacial score (nSPS) is 10.5. The van der Waals surface area contributed by atoms with Gasteiger partial charge in [-0.15, -0.1) is 11.3 Å². The number of rotatable bonds is 2. The summed E-state index contributed by atoms with van der Waals surface area (Å²) >= 11 is 7.46. The molecule has 0 spiro atoms. The average molecular weight is 211 g/mol. The molecule has 0 N–H and O–H groups in total. The Kier molecular flexibility index (Phi) is 2.34. The van der Waals surface area contributed by atoms with E-state index in [2.05, 4.69) is 0 Å². The monoisotopic (exact) mass is 210 g/mol. The van der Waals surface area contributed by atoms with Crippen LogP contribution < -0.4 is 0 Å². The van der Waals surface area contributed by atoms with Crippen LogP contribution in [-0.2, 0) is 11.2 Å². The van der Waals surface area contributed by atoms with Crippen molar-refractivity contribution < 1.29 is 4.79 Å². The molecule has 1 aromatic carbocycles. The van der Waals surface area contributed by atoms with Crippen molar-refractivity contribution in [3.05, 3.63) is 34.2 Å². The summed E-state index contributed by atoms with van der Waals surface area (Å²) in [7, 11) is 0. The maximum Gasteiger partial charge on any atom is 0.125 e. The van der Waals surface area contributed by atoms with Gasteiger partial charge in [0.05, 0.1) is 0 Å². The van der Waals surface area contributed by atoms with Crippen LogP contribution in [0.15, 0.2) is 24.3 Å². The molecule has 0 atom stereocenters. The van der Waals surface area contributed by atoms with Crippen molar-refractivity contribution in [2.24, 2.45) is 0 Å². The van der Waals surface area contributed by atoms with Gasteiger partial charge in [0.2, 0.25) is 0 Å². The van der Waals surface area contributed by atoms with E-state index < -0.39 is 0 Å². The minimum Gasteiger partial charge on any atom is -0.303 e. The van der Waals surface area contributed by atoms with Gasteiger partial charge >= 0.3 is 0 Å². The fourth-order valence-corrected chi connectivity index (χ4v) is 2.53. The third-order valence-electron chi connectivity index (χ3n) is 1.82. The van der Waals surface area contributed by atoms with Gasteiger partial charge in [0.15, 0.2) is 0 Å². The van der Waals surface area contributed by atoms with Crippen LogP contribution in [-0.4, -0.2) is 6.29 Å². The summed E-state index contributed by atoms with van der Waals surface area (Å²) in [5.41, 5.74) is 0. The van der Waals surface area contributed by atoms with E-state index in [1.165, 1.54) is 0 Å². The molecule has 2 aromatic rings. The number of benzene rings is 1. The second-order valence-corrected chi connectivity index (χ2v) is 4.37. The minimum atomic E-state index is 0.497. The first-order valence-electron chi connectivity index (χ1n) is 3.91. The second-order valence-electron chi connectivity index (χ2n) is 2.77. The fraction of sp³-hybridized carbons (Fsp3) is 0.100. The van der Waals surface area contributed by atoms with E-state index in [0.717, 1.165) is 26.3 Å². The largest absolute Gasteiger partial charge is 0.303 e. The molecule has 1 aromatic heterocycles. The molecule has 2 rings (SSSR count). The van der Waals surface area contributed by atoms with Gasteiger partial charge in [0.25, 0.3) is 0 Å². The van der Waals surface area contributed by atoms with E-state index in [1.54, 1.807) is 11.3 Å². The molecule has 0 aliphatic heterocycles. The van der Waals surface area contributed by atoms with Crippen molar-refractivity contribution in [2.75, 3.05) is 0 Å². The maximum atomic E-state index is 10.3. The van der Waals surface area contributed by atoms with Crippen molar-refractivity contribution in [3.63, 3.8) is 0 Å². The highest BCUT2D eigenvalue weighted by atomic mass is 35.5. The smallest absolute Gasteiger partial charge is 0.125 e. The number of carbonyl (C=O) groups is 1. The van der Waals surface area contributed by atoms with Gasteiger partial charge in [-0.1, -0.05) is 17.7 Å². The van der Waals surface area contributed by atoms with Crippen LogP contribution in [0.2, 0.25) is 5.02 Å². The zero-order valence-corrected chi connectivity index (χ0v) is 8.36. The summed E-state index contributed by atoms with van der Waals surface area (Å²) in [6, 6.07) is 7.80. The summed E-state index contributed by atoms with van der Waals surface area (Å²) in [5.74, 6) is 0. The summed E-state index contributed by atoms with van der Waals surface area (Å²) in [5, 5.41) is 1.90. The van der Waals surface area contributed by atoms with Crippen molar-refractivity contribution in [1.82, 2.24) is 0 Å². The zero-order chi connectivity index (χ0) is 9.26. The van der Waals surface area contributed by atoms with Gasteiger partial charge in [-0.25, -0.2) is 0 Å². The van der Waals surface area contributed by atoms with Gasteiger partial charge in [-0.05, 0) is 23.6 Å². The topological polar surface area (TPSA) is 17.1 Å². The lowest BCUT2D eigenvalue weighted by Gasteiger charge is -1.88. The quantitative estimate of drug-likeness (QED) is 0.696. The molecule has 0 aliphatic carbocycles. The number of aldehydes is 1. The van der Waals surface area contributed by atoms with Crippen LogP contribution in [0.4, 0.5) is 0 Å². The van der Waals surface area contributed by atoms with Gasteiger partial charge in [0.1, 0.15) is 6.29 Å². The number of fused-ring (bicyclic) bond motifs is 1. The molecule has 1 nitrogen and oxygen atoms in total. The summed E-state index contributed by atoms with van der Waals surface area (Å²) in [4.78, 5) is 11.4. The first-order valence-corrected chi connectivity index (χ1v) is 5.10. The minimum absolute atomic E-state index is 0.497. The number of hydrogen-bond acceptors (Lipinski definition) is 2. The molecule has 3 heteroatoms. The van der Waals surface area contributed by atoms with Gasteiger partial charge in [0, 0.05) is 21.0 Å². The van der Waals surface area contributed by atoms with Crippen LogP contribution in [0.5, 0.6) is 0 Å². The molecule has 66 valence electrons. The van der Waals surface area contributed by atoms with E-state index in [4.69, 9.17) is 11.6 Å². The first kappa shape index (κ1) is 8.73. The van der Waals surface area contributed by atoms with Gasteiger partial charge < -0.3 is 4.79 Å². The molecule has 0 fully saturated rings. The summed E-state index contributed by atoms with van der Waals surface area (Å²) in [6.45, 7) is 0. The average Bonchev–Trinajstić information content (AvgIpc) is 2.46. The molecule has 13 heavy (non-hydrogen) atoms. The van der Waals surface area contributed by atoms with Crippen LogP contribution in [0.25, 0.3) is 10.1 Å². The number of halogens is 1. The zero-order valence-electron chi connectivity index (χ0n) is 6.79. The van der Waals surface area contributed by atoms with E-state index in [0.29, 0.717) is 6.42 Å². The third kappa shape index (κ3) is 1.74. The van der Waals surface area contributed by atoms with Crippen molar-refractivity contribution in [3.8, 4) is 0 Å². The fourth-order valence-electron chi connectivity index (χ4n) is 1.24. The highest BCUT2D eigenvalue weighted by molar-refractivity contribution is 7.19. The van der Waals surface area contributed by atoms with E-state index in [1.807, 2.05) is 24.3 Å².